The molecule has 0 aromatic heterocycles. The zero-order valence-corrected chi connectivity index (χ0v) is 11.4. The van der Waals surface area contributed by atoms with Crippen molar-refractivity contribution in [1.29, 1.82) is 0 Å². The Balaban J connectivity index is 2.18. The Morgan fingerprint density at radius 1 is 1.41 bits per heavy atom. The van der Waals surface area contributed by atoms with Crippen LogP contribution in [-0.2, 0) is 6.42 Å². The molecule has 1 N–H and O–H groups in total. The van der Waals surface area contributed by atoms with E-state index in [9.17, 15) is 0 Å². The van der Waals surface area contributed by atoms with Gasteiger partial charge in [0.1, 0.15) is 5.75 Å². The largest absolute Gasteiger partial charge is 0.495 e. The lowest BCUT2D eigenvalue weighted by Gasteiger charge is -2.23. The molecule has 1 fully saturated rings. The Kier molecular flexibility index (Phi) is 4.55. The van der Waals surface area contributed by atoms with Crippen molar-refractivity contribution in [1.82, 2.24) is 5.32 Å². The number of ether oxygens (including phenoxy) is 1. The minimum Gasteiger partial charge on any atom is -0.495 e. The number of methoxy groups -OCH3 is 1. The SMILES string of the molecule is COc1c(Cl)cc(Cl)cc1CC1CCCNC1. The van der Waals surface area contributed by atoms with Crippen LogP contribution in [0.5, 0.6) is 5.75 Å². The summed E-state index contributed by atoms with van der Waals surface area (Å²) in [5.74, 6) is 1.41. The van der Waals surface area contributed by atoms with Gasteiger partial charge < -0.3 is 10.1 Å². The molecule has 0 saturated carbocycles. The minimum absolute atomic E-state index is 0.596. The molecule has 4 heteroatoms. The highest BCUT2D eigenvalue weighted by atomic mass is 35.5. The van der Waals surface area contributed by atoms with E-state index < -0.39 is 0 Å². The molecule has 0 amide bonds. The summed E-state index contributed by atoms with van der Waals surface area (Å²) in [6.07, 6.45) is 3.46. The van der Waals surface area contributed by atoms with Crippen molar-refractivity contribution >= 4 is 23.2 Å². The summed E-state index contributed by atoms with van der Waals surface area (Å²) < 4.78 is 5.36. The van der Waals surface area contributed by atoms with Crippen LogP contribution in [0.1, 0.15) is 18.4 Å². The smallest absolute Gasteiger partial charge is 0.140 e. The third-order valence-electron chi connectivity index (χ3n) is 3.20. The third-order valence-corrected chi connectivity index (χ3v) is 3.70. The second-order valence-electron chi connectivity index (χ2n) is 4.50. The van der Waals surface area contributed by atoms with E-state index in [2.05, 4.69) is 5.32 Å². The molecule has 1 aliphatic rings. The van der Waals surface area contributed by atoms with Gasteiger partial charge in [0, 0.05) is 5.02 Å². The molecule has 1 aromatic carbocycles. The molecule has 1 heterocycles. The van der Waals surface area contributed by atoms with Crippen LogP contribution in [0.4, 0.5) is 0 Å². The normalized spacial score (nSPS) is 20.3. The Morgan fingerprint density at radius 2 is 2.24 bits per heavy atom. The van der Waals surface area contributed by atoms with E-state index in [1.807, 2.05) is 6.07 Å². The quantitative estimate of drug-likeness (QED) is 0.910. The monoisotopic (exact) mass is 273 g/mol. The van der Waals surface area contributed by atoms with Crippen LogP contribution >= 0.6 is 23.2 Å². The van der Waals surface area contributed by atoms with Crippen molar-refractivity contribution < 1.29 is 4.74 Å². The van der Waals surface area contributed by atoms with E-state index in [1.165, 1.54) is 12.8 Å². The molecule has 1 unspecified atom stereocenters. The molecular weight excluding hydrogens is 257 g/mol. The highest BCUT2D eigenvalue weighted by Gasteiger charge is 2.17. The van der Waals surface area contributed by atoms with Gasteiger partial charge in [-0.25, -0.2) is 0 Å². The van der Waals surface area contributed by atoms with Gasteiger partial charge in [0.05, 0.1) is 12.1 Å². The van der Waals surface area contributed by atoms with E-state index in [-0.39, 0.29) is 0 Å². The predicted octanol–water partition coefficient (Wildman–Crippen LogP) is 3.54. The molecule has 1 saturated heterocycles. The molecular formula is C13H17Cl2NO. The van der Waals surface area contributed by atoms with Crippen molar-refractivity contribution in [2.75, 3.05) is 20.2 Å². The van der Waals surface area contributed by atoms with Gasteiger partial charge in [0.15, 0.2) is 0 Å². The van der Waals surface area contributed by atoms with Gasteiger partial charge in [-0.2, -0.15) is 0 Å². The van der Waals surface area contributed by atoms with Crippen molar-refractivity contribution in [3.63, 3.8) is 0 Å². The van der Waals surface area contributed by atoms with Gasteiger partial charge in [0.2, 0.25) is 0 Å². The second-order valence-corrected chi connectivity index (χ2v) is 5.34. The van der Waals surface area contributed by atoms with E-state index in [4.69, 9.17) is 27.9 Å². The van der Waals surface area contributed by atoms with Crippen LogP contribution in [0.3, 0.4) is 0 Å². The molecule has 2 nitrogen and oxygen atoms in total. The molecule has 1 aliphatic heterocycles. The first-order valence-electron chi connectivity index (χ1n) is 5.93. The molecule has 94 valence electrons. The summed E-state index contributed by atoms with van der Waals surface area (Å²) >= 11 is 12.2. The topological polar surface area (TPSA) is 21.3 Å². The highest BCUT2D eigenvalue weighted by molar-refractivity contribution is 6.35. The summed E-state index contributed by atoms with van der Waals surface area (Å²) in [6, 6.07) is 3.69. The first-order valence-corrected chi connectivity index (χ1v) is 6.69. The van der Waals surface area contributed by atoms with Gasteiger partial charge in [0.25, 0.3) is 0 Å². The van der Waals surface area contributed by atoms with E-state index in [1.54, 1.807) is 13.2 Å². The van der Waals surface area contributed by atoms with E-state index in [0.717, 1.165) is 30.8 Å². The van der Waals surface area contributed by atoms with Crippen molar-refractivity contribution in [3.8, 4) is 5.75 Å². The van der Waals surface area contributed by atoms with Gasteiger partial charge in [-0.15, -0.1) is 0 Å². The lowest BCUT2D eigenvalue weighted by Crippen LogP contribution is -2.30. The average Bonchev–Trinajstić information content (AvgIpc) is 2.30. The summed E-state index contributed by atoms with van der Waals surface area (Å²) in [5, 5.41) is 4.69. The number of hydrogen-bond acceptors (Lipinski definition) is 2. The number of nitrogens with one attached hydrogen (secondary N) is 1. The lowest BCUT2D eigenvalue weighted by molar-refractivity contribution is 0.364. The fraction of sp³-hybridized carbons (Fsp3) is 0.538. The van der Waals surface area contributed by atoms with Gasteiger partial charge in [-0.05, 0) is 56.0 Å². The lowest BCUT2D eigenvalue weighted by atomic mass is 9.92. The molecule has 1 aromatic rings. The van der Waals surface area contributed by atoms with Crippen LogP contribution in [0.15, 0.2) is 12.1 Å². The molecule has 0 bridgehead atoms. The predicted molar refractivity (Wildman–Crippen MR) is 72.3 cm³/mol. The summed E-state index contributed by atoms with van der Waals surface area (Å²) in [4.78, 5) is 0. The molecule has 17 heavy (non-hydrogen) atoms. The standard InChI is InChI=1S/C13H17Cl2NO/c1-17-13-10(6-11(14)7-12(13)15)5-9-3-2-4-16-8-9/h6-7,9,16H,2-5,8H2,1H3. The van der Waals surface area contributed by atoms with Crippen molar-refractivity contribution in [2.45, 2.75) is 19.3 Å². The summed E-state index contributed by atoms with van der Waals surface area (Å²) in [5.41, 5.74) is 1.11. The number of halogens is 2. The number of piperidine rings is 1. The highest BCUT2D eigenvalue weighted by Crippen LogP contribution is 2.34. The Labute approximate surface area is 112 Å². The van der Waals surface area contributed by atoms with Crippen LogP contribution in [0, 0.1) is 5.92 Å². The maximum Gasteiger partial charge on any atom is 0.140 e. The second kappa shape index (κ2) is 5.94. The van der Waals surface area contributed by atoms with Gasteiger partial charge >= 0.3 is 0 Å². The zero-order chi connectivity index (χ0) is 12.3. The van der Waals surface area contributed by atoms with Crippen molar-refractivity contribution in [2.24, 2.45) is 5.92 Å². The number of benzene rings is 1. The number of hydrogen-bond donors (Lipinski definition) is 1. The van der Waals surface area contributed by atoms with E-state index in [0.29, 0.717) is 16.0 Å². The third kappa shape index (κ3) is 3.27. The molecule has 2 rings (SSSR count). The first kappa shape index (κ1) is 13.0. The Morgan fingerprint density at radius 3 is 2.88 bits per heavy atom. The summed E-state index contributed by atoms with van der Waals surface area (Å²) in [6.45, 7) is 2.19. The zero-order valence-electron chi connectivity index (χ0n) is 9.93. The van der Waals surface area contributed by atoms with Crippen LogP contribution in [0.25, 0.3) is 0 Å². The number of rotatable bonds is 3. The first-order chi connectivity index (χ1) is 8.20. The minimum atomic E-state index is 0.596. The maximum atomic E-state index is 6.13. The van der Waals surface area contributed by atoms with Crippen molar-refractivity contribution in [3.05, 3.63) is 27.7 Å². The van der Waals surface area contributed by atoms with Crippen LogP contribution in [-0.4, -0.2) is 20.2 Å². The maximum absolute atomic E-state index is 6.13. The fourth-order valence-electron chi connectivity index (χ4n) is 2.40. The van der Waals surface area contributed by atoms with Crippen LogP contribution < -0.4 is 10.1 Å². The Hall–Kier alpha value is -0.440. The van der Waals surface area contributed by atoms with Gasteiger partial charge in [-0.1, -0.05) is 23.2 Å². The fourth-order valence-corrected chi connectivity index (χ4v) is 3.02. The molecule has 1 atom stereocenters. The van der Waals surface area contributed by atoms with Gasteiger partial charge in [-0.3, -0.25) is 0 Å². The molecule has 0 aliphatic carbocycles. The summed E-state index contributed by atoms with van der Waals surface area (Å²) in [7, 11) is 1.65. The molecule has 0 spiro atoms. The van der Waals surface area contributed by atoms with Crippen LogP contribution in [0.2, 0.25) is 10.0 Å². The van der Waals surface area contributed by atoms with E-state index >= 15 is 0 Å². The Bertz CT molecular complexity index is 389. The molecule has 0 radical (unpaired) electrons. The average molecular weight is 274 g/mol.